The van der Waals surface area contributed by atoms with Crippen LogP contribution in [0.15, 0.2) is 30.3 Å². The van der Waals surface area contributed by atoms with E-state index in [9.17, 15) is 15.0 Å². The summed E-state index contributed by atoms with van der Waals surface area (Å²) in [4.78, 5) is 12.8. The Kier molecular flexibility index (Phi) is 4.54. The van der Waals surface area contributed by atoms with Crippen LogP contribution in [0.25, 0.3) is 0 Å². The molecule has 1 fully saturated rings. The Bertz CT molecular complexity index is 484. The van der Waals surface area contributed by atoms with Crippen LogP contribution in [-0.4, -0.2) is 45.9 Å². The van der Waals surface area contributed by atoms with Crippen molar-refractivity contribution < 1.29 is 15.0 Å². The summed E-state index contributed by atoms with van der Waals surface area (Å²) >= 11 is 0. The molecule has 5 heteroatoms. The van der Waals surface area contributed by atoms with E-state index in [0.29, 0.717) is 6.54 Å². The summed E-state index contributed by atoms with van der Waals surface area (Å²) in [6.45, 7) is 6.78. The van der Waals surface area contributed by atoms with E-state index in [0.717, 1.165) is 5.56 Å². The van der Waals surface area contributed by atoms with Crippen molar-refractivity contribution in [2.75, 3.05) is 6.54 Å². The molecule has 1 aromatic carbocycles. The Labute approximate surface area is 125 Å². The number of hydrogen-bond acceptors (Lipinski definition) is 3. The van der Waals surface area contributed by atoms with Gasteiger partial charge in [-0.3, -0.25) is 0 Å². The lowest BCUT2D eigenvalue weighted by atomic mass is 9.82. The number of carboxylic acid groups (broad SMARTS) is 1. The lowest BCUT2D eigenvalue weighted by Gasteiger charge is -2.37. The van der Waals surface area contributed by atoms with Gasteiger partial charge in [-0.2, -0.15) is 0 Å². The number of rotatable bonds is 3. The second-order valence-corrected chi connectivity index (χ2v) is 6.71. The predicted molar refractivity (Wildman–Crippen MR) is 81.1 cm³/mol. The van der Waals surface area contributed by atoms with Crippen molar-refractivity contribution in [2.24, 2.45) is 5.41 Å². The van der Waals surface area contributed by atoms with Crippen molar-refractivity contribution in [2.45, 2.75) is 45.5 Å². The first-order valence-corrected chi connectivity index (χ1v) is 7.25. The van der Waals surface area contributed by atoms with Crippen molar-refractivity contribution in [3.8, 4) is 0 Å². The molecule has 2 rings (SSSR count). The van der Waals surface area contributed by atoms with Crippen molar-refractivity contribution in [3.63, 3.8) is 0 Å². The average Bonchev–Trinajstić information content (AvgIpc) is 2.75. The van der Waals surface area contributed by atoms with Crippen LogP contribution in [0.4, 0.5) is 4.79 Å². The molecule has 1 amide bonds. The summed E-state index contributed by atoms with van der Waals surface area (Å²) in [5.41, 5.74) is 0.871. The Morgan fingerprint density at radius 3 is 2.48 bits per heavy atom. The quantitative estimate of drug-likeness (QED) is 0.796. The van der Waals surface area contributed by atoms with Crippen LogP contribution in [0.5, 0.6) is 0 Å². The van der Waals surface area contributed by atoms with Crippen LogP contribution >= 0.6 is 0 Å². The number of carbonyl (C=O) groups is 1. The summed E-state index contributed by atoms with van der Waals surface area (Å²) < 4.78 is 0. The molecule has 0 aromatic heterocycles. The largest absolute Gasteiger partial charge is 0.465 e. The molecule has 0 bridgehead atoms. The molecule has 1 aromatic rings. The maximum absolute atomic E-state index is 11.4. The van der Waals surface area contributed by atoms with E-state index in [4.69, 9.17) is 0 Å². The lowest BCUT2D eigenvalue weighted by Crippen LogP contribution is -2.53. The molecule has 3 N–H and O–H groups in total. The minimum Gasteiger partial charge on any atom is -0.465 e. The molecule has 3 atom stereocenters. The van der Waals surface area contributed by atoms with E-state index in [1.165, 1.54) is 4.90 Å². The highest BCUT2D eigenvalue weighted by Crippen LogP contribution is 2.33. The molecule has 1 aliphatic rings. The van der Waals surface area contributed by atoms with Gasteiger partial charge in [-0.25, -0.2) is 4.79 Å². The second kappa shape index (κ2) is 6.03. The average molecular weight is 292 g/mol. The fraction of sp³-hybridized carbons (Fsp3) is 0.562. The second-order valence-electron chi connectivity index (χ2n) is 6.71. The Hall–Kier alpha value is -1.59. The van der Waals surface area contributed by atoms with Crippen LogP contribution in [0.2, 0.25) is 0 Å². The van der Waals surface area contributed by atoms with Crippen LogP contribution in [0, 0.1) is 5.41 Å². The van der Waals surface area contributed by atoms with E-state index in [2.05, 4.69) is 5.32 Å². The number of nitrogens with zero attached hydrogens (tertiary/aromatic N) is 1. The van der Waals surface area contributed by atoms with Crippen LogP contribution in [0.3, 0.4) is 0 Å². The topological polar surface area (TPSA) is 72.8 Å². The SMILES string of the molecule is CC(C)(C)C1[C@H](NCc2ccccc2)[C@@H](O)CN1C(=O)O. The molecule has 21 heavy (non-hydrogen) atoms. The first kappa shape index (κ1) is 15.8. The molecule has 0 aliphatic carbocycles. The van der Waals surface area contributed by atoms with Crippen LogP contribution < -0.4 is 5.32 Å². The summed E-state index contributed by atoms with van der Waals surface area (Å²) in [5, 5.41) is 22.9. The molecule has 0 spiro atoms. The lowest BCUT2D eigenvalue weighted by molar-refractivity contribution is 0.0962. The highest BCUT2D eigenvalue weighted by Gasteiger charge is 2.48. The molecule has 116 valence electrons. The van der Waals surface area contributed by atoms with Crippen LogP contribution in [0.1, 0.15) is 26.3 Å². The Balaban J connectivity index is 2.13. The van der Waals surface area contributed by atoms with Gasteiger partial charge in [0, 0.05) is 6.54 Å². The summed E-state index contributed by atoms with van der Waals surface area (Å²) in [5.74, 6) is 0. The third-order valence-corrected chi connectivity index (χ3v) is 3.99. The fourth-order valence-corrected chi connectivity index (χ4v) is 3.12. The van der Waals surface area contributed by atoms with Gasteiger partial charge < -0.3 is 20.4 Å². The van der Waals surface area contributed by atoms with Gasteiger partial charge in [-0.05, 0) is 11.0 Å². The molecule has 5 nitrogen and oxygen atoms in total. The highest BCUT2D eigenvalue weighted by atomic mass is 16.4. The first-order valence-electron chi connectivity index (χ1n) is 7.25. The first-order chi connectivity index (χ1) is 9.80. The summed E-state index contributed by atoms with van der Waals surface area (Å²) in [6, 6.07) is 9.39. The van der Waals surface area contributed by atoms with Crippen molar-refractivity contribution in [3.05, 3.63) is 35.9 Å². The van der Waals surface area contributed by atoms with Gasteiger partial charge in [-0.15, -0.1) is 0 Å². The van der Waals surface area contributed by atoms with Gasteiger partial charge in [0.25, 0.3) is 0 Å². The van der Waals surface area contributed by atoms with Gasteiger partial charge in [0.1, 0.15) is 0 Å². The molecule has 0 saturated carbocycles. The standard InChI is InChI=1S/C16H24N2O3/c1-16(2,3)14-13(12(19)10-18(14)15(20)21)17-9-11-7-5-4-6-8-11/h4-8,12-14,17,19H,9-10H2,1-3H3,(H,20,21)/t12-,13+,14?/m0/s1. The van der Waals surface area contributed by atoms with Gasteiger partial charge in [0.05, 0.1) is 24.7 Å². The number of aliphatic hydroxyl groups is 1. The molecule has 0 radical (unpaired) electrons. The van der Waals surface area contributed by atoms with Crippen molar-refractivity contribution in [1.82, 2.24) is 10.2 Å². The van der Waals surface area contributed by atoms with Crippen molar-refractivity contribution >= 4 is 6.09 Å². The number of β-amino-alcohol motifs (C(OH)–C–C–N with tert-alkyl or cyclic N) is 1. The number of amides is 1. The zero-order valence-electron chi connectivity index (χ0n) is 12.8. The normalized spacial score (nSPS) is 26.1. The van der Waals surface area contributed by atoms with E-state index in [1.807, 2.05) is 51.1 Å². The number of benzene rings is 1. The predicted octanol–water partition coefficient (Wildman–Crippen LogP) is 1.91. The van der Waals surface area contributed by atoms with Gasteiger partial charge in [0.2, 0.25) is 0 Å². The molecule has 1 unspecified atom stereocenters. The maximum Gasteiger partial charge on any atom is 0.407 e. The maximum atomic E-state index is 11.4. The molecular formula is C16H24N2O3. The monoisotopic (exact) mass is 292 g/mol. The number of aliphatic hydroxyl groups excluding tert-OH is 1. The number of likely N-dealkylation sites (tertiary alicyclic amines) is 1. The summed E-state index contributed by atoms with van der Waals surface area (Å²) in [6.07, 6.45) is -1.66. The Morgan fingerprint density at radius 2 is 1.95 bits per heavy atom. The minimum absolute atomic E-state index is 0.156. The number of nitrogens with one attached hydrogen (secondary N) is 1. The van der Waals surface area contributed by atoms with Gasteiger partial charge in [0.15, 0.2) is 0 Å². The molecular weight excluding hydrogens is 268 g/mol. The smallest absolute Gasteiger partial charge is 0.407 e. The van der Waals surface area contributed by atoms with E-state index in [-0.39, 0.29) is 24.0 Å². The third-order valence-electron chi connectivity index (χ3n) is 3.99. The highest BCUT2D eigenvalue weighted by molar-refractivity contribution is 5.66. The van der Waals surface area contributed by atoms with Crippen molar-refractivity contribution in [1.29, 1.82) is 0 Å². The molecule has 1 aliphatic heterocycles. The summed E-state index contributed by atoms with van der Waals surface area (Å²) in [7, 11) is 0. The zero-order valence-corrected chi connectivity index (χ0v) is 12.8. The Morgan fingerprint density at radius 1 is 1.33 bits per heavy atom. The molecule has 1 heterocycles. The number of hydrogen-bond donors (Lipinski definition) is 3. The van der Waals surface area contributed by atoms with Crippen LogP contribution in [-0.2, 0) is 6.54 Å². The van der Waals surface area contributed by atoms with Gasteiger partial charge in [-0.1, -0.05) is 51.1 Å². The fourth-order valence-electron chi connectivity index (χ4n) is 3.12. The third kappa shape index (κ3) is 3.54. The zero-order chi connectivity index (χ0) is 15.6. The minimum atomic E-state index is -0.974. The van der Waals surface area contributed by atoms with E-state index < -0.39 is 12.2 Å². The van der Waals surface area contributed by atoms with E-state index in [1.54, 1.807) is 0 Å². The molecule has 1 saturated heterocycles. The van der Waals surface area contributed by atoms with Gasteiger partial charge >= 0.3 is 6.09 Å². The van der Waals surface area contributed by atoms with E-state index >= 15 is 0 Å².